The molecule has 1 aliphatic carbocycles. The van der Waals surface area contributed by atoms with Crippen molar-refractivity contribution in [2.75, 3.05) is 13.2 Å². The third-order valence-electron chi connectivity index (χ3n) is 4.89. The minimum Gasteiger partial charge on any atom is -0.381 e. The zero-order valence-corrected chi connectivity index (χ0v) is 11.8. The molecule has 2 heterocycles. The SMILES string of the molecule is CC1CCC(n2cncc2C(N)C2CCOC2)CC1. The van der Waals surface area contributed by atoms with Crippen LogP contribution in [0.4, 0.5) is 0 Å². The van der Waals surface area contributed by atoms with Gasteiger partial charge in [-0.1, -0.05) is 6.92 Å². The normalized spacial score (nSPS) is 33.5. The third-order valence-corrected chi connectivity index (χ3v) is 4.89. The van der Waals surface area contributed by atoms with Crippen molar-refractivity contribution in [2.45, 2.75) is 51.1 Å². The molecule has 0 bridgehead atoms. The van der Waals surface area contributed by atoms with E-state index in [1.165, 1.54) is 31.4 Å². The number of rotatable bonds is 3. The van der Waals surface area contributed by atoms with Crippen molar-refractivity contribution in [3.8, 4) is 0 Å². The van der Waals surface area contributed by atoms with Crippen molar-refractivity contribution in [1.82, 2.24) is 9.55 Å². The molecule has 0 amide bonds. The van der Waals surface area contributed by atoms with Gasteiger partial charge >= 0.3 is 0 Å². The summed E-state index contributed by atoms with van der Waals surface area (Å²) in [5.41, 5.74) is 7.64. The van der Waals surface area contributed by atoms with E-state index in [0.717, 1.165) is 25.6 Å². The topological polar surface area (TPSA) is 53.1 Å². The van der Waals surface area contributed by atoms with Gasteiger partial charge < -0.3 is 15.0 Å². The molecule has 1 saturated heterocycles. The van der Waals surface area contributed by atoms with Gasteiger partial charge in [0.2, 0.25) is 0 Å². The summed E-state index contributed by atoms with van der Waals surface area (Å²) in [6.45, 7) is 4.01. The van der Waals surface area contributed by atoms with Gasteiger partial charge in [0.05, 0.1) is 24.7 Å². The Hall–Kier alpha value is -0.870. The molecule has 1 aromatic heterocycles. The molecule has 2 N–H and O–H groups in total. The first kappa shape index (κ1) is 13.1. The van der Waals surface area contributed by atoms with E-state index in [2.05, 4.69) is 16.5 Å². The summed E-state index contributed by atoms with van der Waals surface area (Å²) < 4.78 is 7.81. The van der Waals surface area contributed by atoms with E-state index in [0.29, 0.717) is 12.0 Å². The smallest absolute Gasteiger partial charge is 0.0951 e. The van der Waals surface area contributed by atoms with Gasteiger partial charge in [-0.2, -0.15) is 0 Å². The maximum Gasteiger partial charge on any atom is 0.0951 e. The van der Waals surface area contributed by atoms with E-state index in [1.54, 1.807) is 0 Å². The predicted octanol–water partition coefficient (Wildman–Crippen LogP) is 2.67. The molecule has 106 valence electrons. The molecule has 0 aromatic carbocycles. The molecule has 3 rings (SSSR count). The monoisotopic (exact) mass is 263 g/mol. The van der Waals surface area contributed by atoms with Gasteiger partial charge in [0.1, 0.15) is 0 Å². The molecule has 1 aromatic rings. The van der Waals surface area contributed by atoms with Crippen LogP contribution < -0.4 is 5.73 Å². The minimum absolute atomic E-state index is 0.0735. The highest BCUT2D eigenvalue weighted by molar-refractivity contribution is 5.08. The van der Waals surface area contributed by atoms with Gasteiger partial charge in [-0.25, -0.2) is 4.98 Å². The van der Waals surface area contributed by atoms with Crippen LogP contribution in [0.15, 0.2) is 12.5 Å². The van der Waals surface area contributed by atoms with Crippen LogP contribution in [0.1, 0.15) is 56.8 Å². The fourth-order valence-electron chi connectivity index (χ4n) is 3.48. The number of imidazole rings is 1. The molecule has 4 nitrogen and oxygen atoms in total. The number of nitrogens with two attached hydrogens (primary N) is 1. The van der Waals surface area contributed by atoms with Gasteiger partial charge in [-0.05, 0) is 38.0 Å². The molecular formula is C15H25N3O. The molecule has 2 unspecified atom stereocenters. The van der Waals surface area contributed by atoms with Crippen LogP contribution in [-0.4, -0.2) is 22.8 Å². The highest BCUT2D eigenvalue weighted by Gasteiger charge is 2.28. The molecule has 2 aliphatic rings. The first-order valence-corrected chi connectivity index (χ1v) is 7.60. The quantitative estimate of drug-likeness (QED) is 0.912. The zero-order valence-electron chi connectivity index (χ0n) is 11.8. The van der Waals surface area contributed by atoms with Gasteiger partial charge in [0, 0.05) is 24.8 Å². The summed E-state index contributed by atoms with van der Waals surface area (Å²) in [5.74, 6) is 1.33. The van der Waals surface area contributed by atoms with Gasteiger partial charge in [-0.15, -0.1) is 0 Å². The molecule has 1 saturated carbocycles. The summed E-state index contributed by atoms with van der Waals surface area (Å²) in [4.78, 5) is 4.35. The fourth-order valence-corrected chi connectivity index (χ4v) is 3.48. The van der Waals surface area contributed by atoms with E-state index in [9.17, 15) is 0 Å². The largest absolute Gasteiger partial charge is 0.381 e. The second-order valence-corrected chi connectivity index (χ2v) is 6.29. The van der Waals surface area contributed by atoms with E-state index in [4.69, 9.17) is 10.5 Å². The van der Waals surface area contributed by atoms with Gasteiger partial charge in [0.15, 0.2) is 0 Å². The number of aromatic nitrogens is 2. The number of nitrogens with zero attached hydrogens (tertiary/aromatic N) is 2. The molecule has 19 heavy (non-hydrogen) atoms. The second-order valence-electron chi connectivity index (χ2n) is 6.29. The Balaban J connectivity index is 1.74. The summed E-state index contributed by atoms with van der Waals surface area (Å²) in [5, 5.41) is 0. The van der Waals surface area contributed by atoms with Crippen LogP contribution in [0, 0.1) is 11.8 Å². The van der Waals surface area contributed by atoms with Crippen molar-refractivity contribution < 1.29 is 4.74 Å². The summed E-state index contributed by atoms with van der Waals surface area (Å²) in [6, 6.07) is 0.673. The summed E-state index contributed by atoms with van der Waals surface area (Å²) in [6.07, 6.45) is 10.2. The lowest BCUT2D eigenvalue weighted by Gasteiger charge is -2.30. The first-order valence-electron chi connectivity index (χ1n) is 7.60. The van der Waals surface area contributed by atoms with E-state index in [1.807, 2.05) is 12.5 Å². The summed E-state index contributed by atoms with van der Waals surface area (Å²) in [7, 11) is 0. The van der Waals surface area contributed by atoms with Gasteiger partial charge in [-0.3, -0.25) is 0 Å². The Kier molecular flexibility index (Phi) is 3.89. The maximum absolute atomic E-state index is 6.44. The molecule has 4 heteroatoms. The van der Waals surface area contributed by atoms with Crippen LogP contribution in [0.25, 0.3) is 0 Å². The van der Waals surface area contributed by atoms with Crippen LogP contribution in [-0.2, 0) is 4.74 Å². The molecular weight excluding hydrogens is 238 g/mol. The van der Waals surface area contributed by atoms with Crippen LogP contribution >= 0.6 is 0 Å². The molecule has 2 fully saturated rings. The second kappa shape index (κ2) is 5.63. The predicted molar refractivity (Wildman–Crippen MR) is 74.8 cm³/mol. The molecule has 2 atom stereocenters. The lowest BCUT2D eigenvalue weighted by Crippen LogP contribution is -2.27. The number of hydrogen-bond acceptors (Lipinski definition) is 3. The Morgan fingerprint density at radius 3 is 2.79 bits per heavy atom. The van der Waals surface area contributed by atoms with E-state index in [-0.39, 0.29) is 6.04 Å². The van der Waals surface area contributed by atoms with E-state index >= 15 is 0 Å². The van der Waals surface area contributed by atoms with Crippen molar-refractivity contribution in [1.29, 1.82) is 0 Å². The third kappa shape index (κ3) is 2.70. The first-order chi connectivity index (χ1) is 9.25. The Morgan fingerprint density at radius 2 is 2.11 bits per heavy atom. The van der Waals surface area contributed by atoms with Crippen molar-refractivity contribution >= 4 is 0 Å². The number of ether oxygens (including phenoxy) is 1. The molecule has 1 aliphatic heterocycles. The lowest BCUT2D eigenvalue weighted by molar-refractivity contribution is 0.179. The summed E-state index contributed by atoms with van der Waals surface area (Å²) >= 11 is 0. The Bertz CT molecular complexity index is 403. The standard InChI is InChI=1S/C15H25N3O/c1-11-2-4-13(5-3-11)18-10-17-8-14(18)15(16)12-6-7-19-9-12/h8,10-13,15H,2-7,9,16H2,1H3. The maximum atomic E-state index is 6.44. The Labute approximate surface area is 115 Å². The van der Waals surface area contributed by atoms with Crippen molar-refractivity contribution in [3.05, 3.63) is 18.2 Å². The average Bonchev–Trinajstić information content (AvgIpc) is 3.10. The van der Waals surface area contributed by atoms with Crippen LogP contribution in [0.3, 0.4) is 0 Å². The van der Waals surface area contributed by atoms with Crippen molar-refractivity contribution in [2.24, 2.45) is 17.6 Å². The fraction of sp³-hybridized carbons (Fsp3) is 0.800. The number of hydrogen-bond donors (Lipinski definition) is 1. The van der Waals surface area contributed by atoms with Crippen LogP contribution in [0.5, 0.6) is 0 Å². The average molecular weight is 263 g/mol. The molecule has 0 spiro atoms. The van der Waals surface area contributed by atoms with E-state index < -0.39 is 0 Å². The lowest BCUT2D eigenvalue weighted by atomic mass is 9.87. The Morgan fingerprint density at radius 1 is 1.32 bits per heavy atom. The highest BCUT2D eigenvalue weighted by Crippen LogP contribution is 2.35. The van der Waals surface area contributed by atoms with Gasteiger partial charge in [0.25, 0.3) is 0 Å². The van der Waals surface area contributed by atoms with Crippen molar-refractivity contribution in [3.63, 3.8) is 0 Å². The molecule has 0 radical (unpaired) electrons. The zero-order chi connectivity index (χ0) is 13.2. The highest BCUT2D eigenvalue weighted by atomic mass is 16.5. The van der Waals surface area contributed by atoms with Crippen LogP contribution in [0.2, 0.25) is 0 Å². The minimum atomic E-state index is 0.0735.